The van der Waals surface area contributed by atoms with Gasteiger partial charge in [0.05, 0.1) is 0 Å². The lowest BCUT2D eigenvalue weighted by atomic mass is 9.99. The van der Waals surface area contributed by atoms with Crippen molar-refractivity contribution < 1.29 is 14.3 Å². The average Bonchev–Trinajstić information content (AvgIpc) is 2.44. The van der Waals surface area contributed by atoms with Crippen LogP contribution >= 0.6 is 0 Å². The van der Waals surface area contributed by atoms with Gasteiger partial charge in [0.15, 0.2) is 0 Å². The van der Waals surface area contributed by atoms with E-state index in [1.54, 1.807) is 24.0 Å². The minimum absolute atomic E-state index is 0.1000. The van der Waals surface area contributed by atoms with E-state index in [1.807, 2.05) is 0 Å². The van der Waals surface area contributed by atoms with E-state index >= 15 is 0 Å². The minimum Gasteiger partial charge on any atom is -0.396 e. The van der Waals surface area contributed by atoms with Crippen molar-refractivity contribution in [1.82, 2.24) is 4.90 Å². The van der Waals surface area contributed by atoms with Crippen LogP contribution in [0.1, 0.15) is 18.4 Å². The lowest BCUT2D eigenvalue weighted by molar-refractivity contribution is 0.136. The Morgan fingerprint density at radius 2 is 2.37 bits per heavy atom. The van der Waals surface area contributed by atoms with E-state index in [9.17, 15) is 9.18 Å². The van der Waals surface area contributed by atoms with Gasteiger partial charge in [-0.1, -0.05) is 6.07 Å². The second-order valence-corrected chi connectivity index (χ2v) is 4.98. The maximum absolute atomic E-state index is 13.4. The van der Waals surface area contributed by atoms with Gasteiger partial charge < -0.3 is 15.3 Å². The van der Waals surface area contributed by atoms with Crippen LogP contribution in [0.5, 0.6) is 0 Å². The Balaban J connectivity index is 2.02. The first-order chi connectivity index (χ1) is 9.11. The number of hydrogen-bond acceptors (Lipinski definition) is 2. The molecule has 104 valence electrons. The van der Waals surface area contributed by atoms with Crippen LogP contribution in [0.15, 0.2) is 18.2 Å². The molecule has 5 heteroatoms. The summed E-state index contributed by atoms with van der Waals surface area (Å²) in [6, 6.07) is 4.40. The van der Waals surface area contributed by atoms with Crippen molar-refractivity contribution in [1.29, 1.82) is 0 Å². The monoisotopic (exact) mass is 266 g/mol. The third kappa shape index (κ3) is 3.23. The second kappa shape index (κ2) is 6.02. The van der Waals surface area contributed by atoms with Crippen molar-refractivity contribution in [3.05, 3.63) is 29.6 Å². The van der Waals surface area contributed by atoms with Crippen LogP contribution in [0.25, 0.3) is 0 Å². The fourth-order valence-corrected chi connectivity index (χ4v) is 2.34. The van der Waals surface area contributed by atoms with Crippen molar-refractivity contribution in [2.45, 2.75) is 19.8 Å². The van der Waals surface area contributed by atoms with E-state index < -0.39 is 0 Å². The Labute approximate surface area is 112 Å². The van der Waals surface area contributed by atoms with Gasteiger partial charge in [0.25, 0.3) is 0 Å². The lowest BCUT2D eigenvalue weighted by Crippen LogP contribution is -2.43. The quantitative estimate of drug-likeness (QED) is 0.863. The smallest absolute Gasteiger partial charge is 0.321 e. The Morgan fingerprint density at radius 3 is 3.11 bits per heavy atom. The molecular formula is C14H19FN2O2. The van der Waals surface area contributed by atoms with Crippen LogP contribution in [0.2, 0.25) is 0 Å². The highest BCUT2D eigenvalue weighted by molar-refractivity contribution is 5.90. The summed E-state index contributed by atoms with van der Waals surface area (Å²) in [4.78, 5) is 13.8. The molecule has 0 aromatic heterocycles. The predicted molar refractivity (Wildman–Crippen MR) is 71.5 cm³/mol. The van der Waals surface area contributed by atoms with Crippen molar-refractivity contribution in [2.24, 2.45) is 5.92 Å². The summed E-state index contributed by atoms with van der Waals surface area (Å²) < 4.78 is 13.4. The van der Waals surface area contributed by atoms with E-state index in [0.717, 1.165) is 12.8 Å². The Morgan fingerprint density at radius 1 is 1.58 bits per heavy atom. The van der Waals surface area contributed by atoms with Crippen LogP contribution in [0.3, 0.4) is 0 Å². The molecule has 4 nitrogen and oxygen atoms in total. The molecule has 0 saturated carbocycles. The van der Waals surface area contributed by atoms with Gasteiger partial charge in [-0.2, -0.15) is 0 Å². The van der Waals surface area contributed by atoms with E-state index in [4.69, 9.17) is 5.11 Å². The SMILES string of the molecule is Cc1c(F)cccc1NC(=O)N1CCCC(CO)C1. The van der Waals surface area contributed by atoms with Gasteiger partial charge in [0.2, 0.25) is 0 Å². The highest BCUT2D eigenvalue weighted by Gasteiger charge is 2.23. The van der Waals surface area contributed by atoms with Gasteiger partial charge >= 0.3 is 6.03 Å². The predicted octanol–water partition coefficient (Wildman–Crippen LogP) is 2.37. The standard InChI is InChI=1S/C14H19FN2O2/c1-10-12(15)5-2-6-13(10)16-14(19)17-7-3-4-11(8-17)9-18/h2,5-6,11,18H,3-4,7-9H2,1H3,(H,16,19). The molecule has 0 aliphatic carbocycles. The molecule has 2 rings (SSSR count). The molecule has 1 unspecified atom stereocenters. The number of carbonyl (C=O) groups is 1. The summed E-state index contributed by atoms with van der Waals surface area (Å²) >= 11 is 0. The first-order valence-corrected chi connectivity index (χ1v) is 6.53. The van der Waals surface area contributed by atoms with Gasteiger partial charge in [-0.15, -0.1) is 0 Å². The highest BCUT2D eigenvalue weighted by Crippen LogP contribution is 2.20. The highest BCUT2D eigenvalue weighted by atomic mass is 19.1. The molecule has 0 bridgehead atoms. The molecule has 0 radical (unpaired) electrons. The van der Waals surface area contributed by atoms with Gasteiger partial charge in [0, 0.05) is 30.9 Å². The molecule has 1 heterocycles. The lowest BCUT2D eigenvalue weighted by Gasteiger charge is -2.32. The number of nitrogens with zero attached hydrogens (tertiary/aromatic N) is 1. The summed E-state index contributed by atoms with van der Waals surface area (Å²) in [5.41, 5.74) is 0.933. The number of carbonyl (C=O) groups excluding carboxylic acids is 1. The zero-order valence-electron chi connectivity index (χ0n) is 11.0. The van der Waals surface area contributed by atoms with Crippen molar-refractivity contribution in [3.63, 3.8) is 0 Å². The molecule has 1 aromatic rings. The molecule has 1 aliphatic heterocycles. The van der Waals surface area contributed by atoms with Crippen LogP contribution in [0.4, 0.5) is 14.9 Å². The fourth-order valence-electron chi connectivity index (χ4n) is 2.34. The largest absolute Gasteiger partial charge is 0.396 e. The number of halogens is 1. The van der Waals surface area contributed by atoms with Crippen molar-refractivity contribution >= 4 is 11.7 Å². The van der Waals surface area contributed by atoms with Crippen molar-refractivity contribution in [3.8, 4) is 0 Å². The van der Waals surface area contributed by atoms with E-state index in [-0.39, 0.29) is 24.4 Å². The number of piperidine rings is 1. The zero-order chi connectivity index (χ0) is 13.8. The van der Waals surface area contributed by atoms with Crippen LogP contribution < -0.4 is 5.32 Å². The van der Waals surface area contributed by atoms with Gasteiger partial charge in [-0.3, -0.25) is 0 Å². The number of aliphatic hydroxyl groups excluding tert-OH is 1. The molecule has 2 amide bonds. The third-order valence-electron chi connectivity index (χ3n) is 3.57. The molecule has 2 N–H and O–H groups in total. The van der Waals surface area contributed by atoms with E-state index in [1.165, 1.54) is 6.07 Å². The van der Waals surface area contributed by atoms with Gasteiger partial charge in [-0.05, 0) is 37.8 Å². The Hall–Kier alpha value is -1.62. The summed E-state index contributed by atoms with van der Waals surface area (Å²) in [6.45, 7) is 2.97. The summed E-state index contributed by atoms with van der Waals surface area (Å²) in [5.74, 6) is -0.183. The first-order valence-electron chi connectivity index (χ1n) is 6.53. The van der Waals surface area contributed by atoms with E-state index in [0.29, 0.717) is 24.3 Å². The fraction of sp³-hybridized carbons (Fsp3) is 0.500. The summed E-state index contributed by atoms with van der Waals surface area (Å²) in [6.07, 6.45) is 1.83. The third-order valence-corrected chi connectivity index (χ3v) is 3.57. The Kier molecular flexibility index (Phi) is 4.37. The van der Waals surface area contributed by atoms with Gasteiger partial charge in [-0.25, -0.2) is 9.18 Å². The molecule has 1 atom stereocenters. The van der Waals surface area contributed by atoms with Gasteiger partial charge in [0.1, 0.15) is 5.82 Å². The molecular weight excluding hydrogens is 247 g/mol. The minimum atomic E-state index is -0.329. The van der Waals surface area contributed by atoms with Crippen LogP contribution in [0, 0.1) is 18.7 Å². The summed E-state index contributed by atoms with van der Waals surface area (Å²) in [7, 11) is 0. The second-order valence-electron chi connectivity index (χ2n) is 4.98. The maximum atomic E-state index is 13.4. The van der Waals surface area contributed by atoms with Crippen molar-refractivity contribution in [2.75, 3.05) is 25.0 Å². The van der Waals surface area contributed by atoms with Crippen LogP contribution in [-0.2, 0) is 0 Å². The number of likely N-dealkylation sites (tertiary alicyclic amines) is 1. The molecule has 1 aliphatic rings. The molecule has 0 spiro atoms. The Bertz CT molecular complexity index is 465. The molecule has 1 fully saturated rings. The topological polar surface area (TPSA) is 52.6 Å². The number of amides is 2. The first kappa shape index (κ1) is 13.8. The summed E-state index contributed by atoms with van der Waals surface area (Å²) in [5, 5.41) is 11.9. The molecule has 1 aromatic carbocycles. The zero-order valence-corrected chi connectivity index (χ0v) is 11.0. The number of aliphatic hydroxyl groups is 1. The molecule has 19 heavy (non-hydrogen) atoms. The number of hydrogen-bond donors (Lipinski definition) is 2. The number of benzene rings is 1. The average molecular weight is 266 g/mol. The van der Waals surface area contributed by atoms with Crippen LogP contribution in [-0.4, -0.2) is 35.7 Å². The van der Waals surface area contributed by atoms with E-state index in [2.05, 4.69) is 5.32 Å². The number of rotatable bonds is 2. The normalized spacial score (nSPS) is 19.3. The molecule has 1 saturated heterocycles. The number of anilines is 1. The number of nitrogens with one attached hydrogen (secondary N) is 1. The number of urea groups is 1. The maximum Gasteiger partial charge on any atom is 0.321 e.